The molecule has 1 N–H and O–H groups in total. The van der Waals surface area contributed by atoms with Gasteiger partial charge in [0.2, 0.25) is 0 Å². The van der Waals surface area contributed by atoms with Gasteiger partial charge >= 0.3 is 0 Å². The maximum absolute atomic E-state index is 4.79. The fourth-order valence-electron chi connectivity index (χ4n) is 3.36. The monoisotopic (exact) mass is 312 g/mol. The fourth-order valence-corrected chi connectivity index (χ4v) is 3.36. The number of aromatic nitrogens is 2. The largest absolute Gasteiger partial charge is 0.312 e. The van der Waals surface area contributed by atoms with Crippen molar-refractivity contribution in [3.05, 3.63) is 52.3 Å². The Morgan fingerprint density at radius 3 is 2.57 bits per heavy atom. The number of nitrogens with one attached hydrogen (secondary N) is 1. The molecule has 1 aliphatic rings. The molecule has 0 bridgehead atoms. The predicted octanol–water partition coefficient (Wildman–Crippen LogP) is 2.65. The van der Waals surface area contributed by atoms with E-state index in [4.69, 9.17) is 5.10 Å². The molecule has 3 rings (SSSR count). The topological polar surface area (TPSA) is 33.1 Å². The summed E-state index contributed by atoms with van der Waals surface area (Å²) >= 11 is 0. The van der Waals surface area contributed by atoms with Gasteiger partial charge in [-0.25, -0.2) is 0 Å². The maximum atomic E-state index is 4.79. The van der Waals surface area contributed by atoms with E-state index in [-0.39, 0.29) is 0 Å². The third-order valence-corrected chi connectivity index (χ3v) is 4.82. The number of benzene rings is 1. The van der Waals surface area contributed by atoms with Crippen molar-refractivity contribution in [2.24, 2.45) is 0 Å². The summed E-state index contributed by atoms with van der Waals surface area (Å²) in [6, 6.07) is 9.31. The Kier molecular flexibility index (Phi) is 4.83. The standard InChI is InChI=1S/C19H28N4/c1-14-5-7-18(8-6-14)12-23-17(4)19(16(3)21-23)13-22-10-9-20-15(2)11-22/h5-8,15,20H,9-13H2,1-4H3/t15-/m0/s1. The Bertz CT molecular complexity index is 657. The molecule has 2 heterocycles. The first-order valence-corrected chi connectivity index (χ1v) is 8.57. The van der Waals surface area contributed by atoms with Gasteiger partial charge in [-0.2, -0.15) is 5.10 Å². The van der Waals surface area contributed by atoms with Crippen molar-refractivity contribution in [1.82, 2.24) is 20.0 Å². The summed E-state index contributed by atoms with van der Waals surface area (Å²) in [7, 11) is 0. The summed E-state index contributed by atoms with van der Waals surface area (Å²) in [5.41, 5.74) is 6.47. The summed E-state index contributed by atoms with van der Waals surface area (Å²) in [4.78, 5) is 2.54. The van der Waals surface area contributed by atoms with Gasteiger partial charge in [0, 0.05) is 43.5 Å². The second-order valence-corrected chi connectivity index (χ2v) is 6.88. The molecule has 1 aliphatic heterocycles. The number of nitrogens with zero attached hydrogens (tertiary/aromatic N) is 3. The Hall–Kier alpha value is -1.65. The maximum Gasteiger partial charge on any atom is 0.0662 e. The zero-order valence-corrected chi connectivity index (χ0v) is 14.8. The van der Waals surface area contributed by atoms with Crippen LogP contribution in [-0.4, -0.2) is 40.4 Å². The van der Waals surface area contributed by atoms with E-state index < -0.39 is 0 Å². The van der Waals surface area contributed by atoms with Crippen LogP contribution in [-0.2, 0) is 13.1 Å². The van der Waals surface area contributed by atoms with Crippen LogP contribution in [0.3, 0.4) is 0 Å². The number of rotatable bonds is 4. The summed E-state index contributed by atoms with van der Waals surface area (Å²) in [6.45, 7) is 13.9. The lowest BCUT2D eigenvalue weighted by Crippen LogP contribution is -2.48. The molecular formula is C19H28N4. The molecule has 0 unspecified atom stereocenters. The van der Waals surface area contributed by atoms with Gasteiger partial charge in [-0.1, -0.05) is 29.8 Å². The highest BCUT2D eigenvalue weighted by atomic mass is 15.3. The number of piperazine rings is 1. The summed E-state index contributed by atoms with van der Waals surface area (Å²) in [6.07, 6.45) is 0. The minimum Gasteiger partial charge on any atom is -0.312 e. The van der Waals surface area contributed by atoms with Crippen LogP contribution < -0.4 is 5.32 Å². The molecule has 1 fully saturated rings. The number of hydrogen-bond acceptors (Lipinski definition) is 3. The number of aryl methyl sites for hydroxylation is 2. The van der Waals surface area contributed by atoms with E-state index in [0.29, 0.717) is 6.04 Å². The molecule has 1 aromatic carbocycles. The lowest BCUT2D eigenvalue weighted by molar-refractivity contribution is 0.199. The van der Waals surface area contributed by atoms with Crippen molar-refractivity contribution in [2.75, 3.05) is 19.6 Å². The summed E-state index contributed by atoms with van der Waals surface area (Å²) in [5.74, 6) is 0. The minimum absolute atomic E-state index is 0.576. The van der Waals surface area contributed by atoms with E-state index in [9.17, 15) is 0 Å². The lowest BCUT2D eigenvalue weighted by Gasteiger charge is -2.31. The molecule has 1 aromatic heterocycles. The minimum atomic E-state index is 0.576. The van der Waals surface area contributed by atoms with Crippen LogP contribution in [0.25, 0.3) is 0 Å². The van der Waals surface area contributed by atoms with Crippen molar-refractivity contribution < 1.29 is 0 Å². The first-order valence-electron chi connectivity index (χ1n) is 8.57. The molecule has 0 amide bonds. The van der Waals surface area contributed by atoms with Crippen molar-refractivity contribution in [1.29, 1.82) is 0 Å². The van der Waals surface area contributed by atoms with Crippen molar-refractivity contribution >= 4 is 0 Å². The van der Waals surface area contributed by atoms with Crippen LogP contribution >= 0.6 is 0 Å². The highest BCUT2D eigenvalue weighted by Gasteiger charge is 2.19. The van der Waals surface area contributed by atoms with E-state index in [1.54, 1.807) is 0 Å². The molecule has 0 saturated carbocycles. The third-order valence-electron chi connectivity index (χ3n) is 4.82. The van der Waals surface area contributed by atoms with Crippen LogP contribution in [0.5, 0.6) is 0 Å². The third kappa shape index (κ3) is 3.82. The smallest absolute Gasteiger partial charge is 0.0662 e. The summed E-state index contributed by atoms with van der Waals surface area (Å²) < 4.78 is 2.15. The van der Waals surface area contributed by atoms with Gasteiger partial charge in [0.05, 0.1) is 12.2 Å². The molecule has 23 heavy (non-hydrogen) atoms. The van der Waals surface area contributed by atoms with Crippen LogP contribution in [0.15, 0.2) is 24.3 Å². The highest BCUT2D eigenvalue weighted by molar-refractivity contribution is 5.27. The summed E-state index contributed by atoms with van der Waals surface area (Å²) in [5, 5.41) is 8.29. The van der Waals surface area contributed by atoms with E-state index in [2.05, 4.69) is 66.9 Å². The lowest BCUT2D eigenvalue weighted by atomic mass is 10.1. The number of hydrogen-bond donors (Lipinski definition) is 1. The first kappa shape index (κ1) is 16.2. The second kappa shape index (κ2) is 6.85. The molecule has 4 nitrogen and oxygen atoms in total. The average molecular weight is 312 g/mol. The predicted molar refractivity (Wildman–Crippen MR) is 94.7 cm³/mol. The van der Waals surface area contributed by atoms with Gasteiger partial charge in [0.25, 0.3) is 0 Å². The van der Waals surface area contributed by atoms with Gasteiger partial charge in [0.15, 0.2) is 0 Å². The first-order chi connectivity index (χ1) is 11.0. The van der Waals surface area contributed by atoms with E-state index >= 15 is 0 Å². The van der Waals surface area contributed by atoms with Gasteiger partial charge in [-0.15, -0.1) is 0 Å². The Balaban J connectivity index is 1.75. The van der Waals surface area contributed by atoms with Crippen molar-refractivity contribution in [3.63, 3.8) is 0 Å². The van der Waals surface area contributed by atoms with Gasteiger partial charge in [-0.05, 0) is 33.3 Å². The molecule has 0 radical (unpaired) electrons. The molecule has 0 aliphatic carbocycles. The zero-order chi connectivity index (χ0) is 16.4. The average Bonchev–Trinajstić information content (AvgIpc) is 2.77. The van der Waals surface area contributed by atoms with Crippen LogP contribution in [0, 0.1) is 20.8 Å². The molecule has 1 saturated heterocycles. The van der Waals surface area contributed by atoms with Crippen molar-refractivity contribution in [2.45, 2.75) is 46.8 Å². The quantitative estimate of drug-likeness (QED) is 0.942. The van der Waals surface area contributed by atoms with E-state index in [1.165, 1.54) is 28.1 Å². The van der Waals surface area contributed by atoms with Gasteiger partial charge in [0.1, 0.15) is 0 Å². The zero-order valence-electron chi connectivity index (χ0n) is 14.8. The van der Waals surface area contributed by atoms with Crippen molar-refractivity contribution in [3.8, 4) is 0 Å². The van der Waals surface area contributed by atoms with E-state index in [1.807, 2.05) is 0 Å². The molecular weight excluding hydrogens is 284 g/mol. The SMILES string of the molecule is Cc1ccc(Cn2nc(C)c(CN3CCN[C@@H](C)C3)c2C)cc1. The Morgan fingerprint density at radius 2 is 1.87 bits per heavy atom. The van der Waals surface area contributed by atoms with E-state index in [0.717, 1.165) is 32.7 Å². The Labute approximate surface area is 139 Å². The molecule has 0 spiro atoms. The molecule has 124 valence electrons. The second-order valence-electron chi connectivity index (χ2n) is 6.88. The fraction of sp³-hybridized carbons (Fsp3) is 0.526. The molecule has 1 atom stereocenters. The van der Waals surface area contributed by atoms with Crippen LogP contribution in [0.4, 0.5) is 0 Å². The van der Waals surface area contributed by atoms with Gasteiger partial charge < -0.3 is 5.32 Å². The Morgan fingerprint density at radius 1 is 1.13 bits per heavy atom. The molecule has 4 heteroatoms. The van der Waals surface area contributed by atoms with Gasteiger partial charge in [-0.3, -0.25) is 9.58 Å². The molecule has 2 aromatic rings. The highest BCUT2D eigenvalue weighted by Crippen LogP contribution is 2.18. The normalized spacial score (nSPS) is 19.2. The van der Waals surface area contributed by atoms with Crippen LogP contribution in [0.1, 0.15) is 35.0 Å². The van der Waals surface area contributed by atoms with Crippen LogP contribution in [0.2, 0.25) is 0 Å².